The van der Waals surface area contributed by atoms with Crippen LogP contribution in [0.4, 0.5) is 0 Å². The topological polar surface area (TPSA) is 41.5 Å². The van der Waals surface area contributed by atoms with E-state index in [-0.39, 0.29) is 5.41 Å². The molecule has 21 heavy (non-hydrogen) atoms. The van der Waals surface area contributed by atoms with Crippen LogP contribution < -0.4 is 5.32 Å². The number of ether oxygens (including phenoxy) is 1. The van der Waals surface area contributed by atoms with Gasteiger partial charge in [-0.05, 0) is 22.9 Å². The average Bonchev–Trinajstić information content (AvgIpc) is 3.12. The number of thiophene rings is 2. The third-order valence-corrected chi connectivity index (χ3v) is 5.36. The molecule has 1 unspecified atom stereocenters. The molecule has 5 heteroatoms. The molecule has 3 nitrogen and oxygen atoms in total. The second-order valence-electron chi connectivity index (χ2n) is 5.74. The van der Waals surface area contributed by atoms with Crippen molar-refractivity contribution < 1.29 is 9.84 Å². The van der Waals surface area contributed by atoms with Crippen LogP contribution in [0.1, 0.15) is 23.6 Å². The van der Waals surface area contributed by atoms with Gasteiger partial charge in [0.15, 0.2) is 0 Å². The van der Waals surface area contributed by atoms with Gasteiger partial charge in [-0.2, -0.15) is 0 Å². The third-order valence-electron chi connectivity index (χ3n) is 3.27. The molecule has 2 rings (SSSR count). The maximum atomic E-state index is 9.92. The van der Waals surface area contributed by atoms with Crippen LogP contribution in [0.5, 0.6) is 0 Å². The second kappa shape index (κ2) is 8.06. The van der Waals surface area contributed by atoms with E-state index in [1.165, 1.54) is 9.75 Å². The largest absolute Gasteiger partial charge is 0.389 e. The summed E-state index contributed by atoms with van der Waals surface area (Å²) in [5.41, 5.74) is 0.0890. The van der Waals surface area contributed by atoms with Crippen LogP contribution in [-0.4, -0.2) is 30.9 Å². The number of hydrogen-bond donors (Lipinski definition) is 2. The number of aliphatic hydroxyl groups excluding tert-OH is 1. The first kappa shape index (κ1) is 16.6. The molecule has 2 aromatic rings. The van der Waals surface area contributed by atoms with Gasteiger partial charge in [0.25, 0.3) is 0 Å². The predicted octanol–water partition coefficient (Wildman–Crippen LogP) is 3.25. The molecule has 0 saturated heterocycles. The molecule has 116 valence electrons. The van der Waals surface area contributed by atoms with Crippen molar-refractivity contribution in [3.63, 3.8) is 0 Å². The quantitative estimate of drug-likeness (QED) is 0.743. The van der Waals surface area contributed by atoms with Crippen LogP contribution >= 0.6 is 22.7 Å². The molecular formula is C16H23NO2S2. The Bertz CT molecular complexity index is 494. The summed E-state index contributed by atoms with van der Waals surface area (Å²) in [6.45, 7) is 6.77. The molecule has 0 saturated carbocycles. The van der Waals surface area contributed by atoms with Crippen LogP contribution in [0.2, 0.25) is 0 Å². The van der Waals surface area contributed by atoms with Crippen molar-refractivity contribution in [2.75, 3.05) is 19.7 Å². The minimum Gasteiger partial charge on any atom is -0.389 e. The number of hydrogen-bond acceptors (Lipinski definition) is 5. The molecule has 2 heterocycles. The molecule has 0 aliphatic heterocycles. The fourth-order valence-corrected chi connectivity index (χ4v) is 3.54. The highest BCUT2D eigenvalue weighted by atomic mass is 32.1. The maximum Gasteiger partial charge on any atom is 0.0897 e. The first-order chi connectivity index (χ1) is 10.1. The second-order valence-corrected chi connectivity index (χ2v) is 7.72. The summed E-state index contributed by atoms with van der Waals surface area (Å²) in [6, 6.07) is 8.29. The number of aliphatic hydroxyl groups is 1. The van der Waals surface area contributed by atoms with E-state index in [1.807, 2.05) is 17.5 Å². The van der Waals surface area contributed by atoms with Gasteiger partial charge in [0, 0.05) is 28.3 Å². The summed E-state index contributed by atoms with van der Waals surface area (Å²) >= 11 is 3.45. The van der Waals surface area contributed by atoms with Gasteiger partial charge in [-0.3, -0.25) is 0 Å². The lowest BCUT2D eigenvalue weighted by atomic mass is 9.91. The first-order valence-corrected chi connectivity index (χ1v) is 8.87. The zero-order valence-corrected chi connectivity index (χ0v) is 14.2. The van der Waals surface area contributed by atoms with E-state index in [9.17, 15) is 5.11 Å². The summed E-state index contributed by atoms with van der Waals surface area (Å²) in [5.74, 6) is 0. The molecule has 0 spiro atoms. The maximum absolute atomic E-state index is 9.92. The SMILES string of the molecule is CC(C)(CNCC(O)COCc1cccs1)c1cccs1. The zero-order chi connectivity index (χ0) is 15.1. The Morgan fingerprint density at radius 1 is 1.24 bits per heavy atom. The van der Waals surface area contributed by atoms with Gasteiger partial charge in [0.2, 0.25) is 0 Å². The Morgan fingerprint density at radius 2 is 2.00 bits per heavy atom. The van der Waals surface area contributed by atoms with Gasteiger partial charge in [0.1, 0.15) is 0 Å². The lowest BCUT2D eigenvalue weighted by Crippen LogP contribution is -2.38. The van der Waals surface area contributed by atoms with Gasteiger partial charge in [-0.1, -0.05) is 26.0 Å². The molecule has 2 N–H and O–H groups in total. The Balaban J connectivity index is 1.61. The van der Waals surface area contributed by atoms with Gasteiger partial charge in [-0.15, -0.1) is 22.7 Å². The van der Waals surface area contributed by atoms with Crippen molar-refractivity contribution >= 4 is 22.7 Å². The fraction of sp³-hybridized carbons (Fsp3) is 0.500. The highest BCUT2D eigenvalue weighted by molar-refractivity contribution is 7.10. The molecule has 0 bridgehead atoms. The van der Waals surface area contributed by atoms with Crippen LogP contribution in [0.15, 0.2) is 35.0 Å². The highest BCUT2D eigenvalue weighted by Gasteiger charge is 2.21. The van der Waals surface area contributed by atoms with E-state index >= 15 is 0 Å². The minimum atomic E-state index is -0.468. The van der Waals surface area contributed by atoms with Crippen molar-refractivity contribution in [1.29, 1.82) is 0 Å². The van der Waals surface area contributed by atoms with Crippen LogP contribution in [0.25, 0.3) is 0 Å². The summed E-state index contributed by atoms with van der Waals surface area (Å²) in [6.07, 6.45) is -0.468. The standard InChI is InChI=1S/C16H23NO2S2/c1-16(2,15-6-4-8-21-15)12-17-9-13(18)10-19-11-14-5-3-7-20-14/h3-8,13,17-18H,9-12H2,1-2H3. The summed E-state index contributed by atoms with van der Waals surface area (Å²) in [7, 11) is 0. The Hall–Kier alpha value is -0.720. The molecule has 0 amide bonds. The number of nitrogens with one attached hydrogen (secondary N) is 1. The van der Waals surface area contributed by atoms with E-state index in [4.69, 9.17) is 4.74 Å². The lowest BCUT2D eigenvalue weighted by molar-refractivity contribution is 0.0294. The summed E-state index contributed by atoms with van der Waals surface area (Å²) in [4.78, 5) is 2.55. The van der Waals surface area contributed by atoms with Crippen LogP contribution in [0, 0.1) is 0 Å². The van der Waals surface area contributed by atoms with E-state index < -0.39 is 6.10 Å². The fourth-order valence-electron chi connectivity index (χ4n) is 2.05. The van der Waals surface area contributed by atoms with Gasteiger partial charge in [-0.25, -0.2) is 0 Å². The molecule has 0 aromatic carbocycles. The van der Waals surface area contributed by atoms with Crippen molar-refractivity contribution in [1.82, 2.24) is 5.32 Å². The Labute approximate surface area is 134 Å². The minimum absolute atomic E-state index is 0.0890. The van der Waals surface area contributed by atoms with Gasteiger partial charge < -0.3 is 15.2 Å². The van der Waals surface area contributed by atoms with E-state index in [0.717, 1.165) is 6.54 Å². The van der Waals surface area contributed by atoms with E-state index in [2.05, 4.69) is 36.7 Å². The molecule has 2 aromatic heterocycles. The van der Waals surface area contributed by atoms with Crippen LogP contribution in [0.3, 0.4) is 0 Å². The van der Waals surface area contributed by atoms with Gasteiger partial charge in [0.05, 0.1) is 19.3 Å². The van der Waals surface area contributed by atoms with Crippen molar-refractivity contribution in [2.45, 2.75) is 32.0 Å². The highest BCUT2D eigenvalue weighted by Crippen LogP contribution is 2.26. The lowest BCUT2D eigenvalue weighted by Gasteiger charge is -2.24. The summed E-state index contributed by atoms with van der Waals surface area (Å²) in [5, 5.41) is 17.4. The first-order valence-electron chi connectivity index (χ1n) is 7.11. The van der Waals surface area contributed by atoms with E-state index in [1.54, 1.807) is 22.7 Å². The van der Waals surface area contributed by atoms with Gasteiger partial charge >= 0.3 is 0 Å². The molecule has 0 fully saturated rings. The zero-order valence-electron chi connectivity index (χ0n) is 12.5. The third kappa shape index (κ3) is 5.52. The molecule has 1 atom stereocenters. The Kier molecular flexibility index (Phi) is 6.39. The molecule has 0 aliphatic rings. The monoisotopic (exact) mass is 325 g/mol. The smallest absolute Gasteiger partial charge is 0.0897 e. The van der Waals surface area contributed by atoms with E-state index in [0.29, 0.717) is 19.8 Å². The van der Waals surface area contributed by atoms with Crippen LogP contribution in [-0.2, 0) is 16.8 Å². The van der Waals surface area contributed by atoms with Crippen molar-refractivity contribution in [2.24, 2.45) is 0 Å². The molecule has 0 aliphatic carbocycles. The van der Waals surface area contributed by atoms with Crippen molar-refractivity contribution in [3.8, 4) is 0 Å². The average molecular weight is 325 g/mol. The summed E-state index contributed by atoms with van der Waals surface area (Å²) < 4.78 is 5.52. The number of rotatable bonds is 9. The Morgan fingerprint density at radius 3 is 2.67 bits per heavy atom. The predicted molar refractivity (Wildman–Crippen MR) is 90.2 cm³/mol. The normalized spacial score (nSPS) is 13.5. The van der Waals surface area contributed by atoms with Crippen molar-refractivity contribution in [3.05, 3.63) is 44.8 Å². The molecular weight excluding hydrogens is 302 g/mol. The molecule has 0 radical (unpaired) electrons.